The molecule has 0 aliphatic heterocycles. The molecule has 2 aromatic carbocycles. The number of hydrogen-bond acceptors (Lipinski definition) is 2. The highest BCUT2D eigenvalue weighted by atomic mass is 35.5. The van der Waals surface area contributed by atoms with Crippen LogP contribution in [0.3, 0.4) is 0 Å². The summed E-state index contributed by atoms with van der Waals surface area (Å²) >= 11 is 18.4. The maximum atomic E-state index is 11.0. The molecule has 0 unspecified atom stereocenters. The van der Waals surface area contributed by atoms with Gasteiger partial charge in [0.25, 0.3) is 0 Å². The molecule has 2 rings (SSSR count). The monoisotopic (exact) mass is 375 g/mol. The van der Waals surface area contributed by atoms with Crippen molar-refractivity contribution in [2.45, 2.75) is 11.8 Å². The summed E-state index contributed by atoms with van der Waals surface area (Å²) in [5.41, 5.74) is 0.833. The fourth-order valence-electron chi connectivity index (χ4n) is 1.54. The lowest BCUT2D eigenvalue weighted by Crippen LogP contribution is -2.26. The van der Waals surface area contributed by atoms with E-state index in [1.54, 1.807) is 11.8 Å². The van der Waals surface area contributed by atoms with E-state index in [0.717, 1.165) is 15.6 Å². The lowest BCUT2D eigenvalue weighted by molar-refractivity contribution is -0.116. The number of alkyl halides is 2. The topological polar surface area (TPSA) is 20.3 Å². The summed E-state index contributed by atoms with van der Waals surface area (Å²) in [6.45, 7) is 1.50. The maximum Gasteiger partial charge on any atom is 0.224 e. The highest BCUT2D eigenvalue weighted by molar-refractivity contribution is 8.00. The Kier molecular flexibility index (Phi) is 9.41. The van der Waals surface area contributed by atoms with Gasteiger partial charge in [-0.05, 0) is 36.4 Å². The number of carbonyl (C=O) groups is 1. The highest BCUT2D eigenvalue weighted by Gasteiger charge is 2.07. The van der Waals surface area contributed by atoms with Gasteiger partial charge in [-0.2, -0.15) is 0 Å². The summed E-state index contributed by atoms with van der Waals surface area (Å²) in [6, 6.07) is 17.2. The first kappa shape index (κ1) is 19.2. The van der Waals surface area contributed by atoms with E-state index in [4.69, 9.17) is 34.8 Å². The van der Waals surface area contributed by atoms with Crippen LogP contribution in [0.4, 0.5) is 5.69 Å². The molecule has 2 aromatic rings. The molecular weight excluding hydrogens is 361 g/mol. The van der Waals surface area contributed by atoms with Crippen LogP contribution in [0.2, 0.25) is 5.02 Å². The predicted octanol–water partition coefficient (Wildman–Crippen LogP) is 5.86. The van der Waals surface area contributed by atoms with E-state index in [2.05, 4.69) is 0 Å². The fraction of sp³-hybridized carbons (Fsp3) is 0.188. The molecular formula is C16H16Cl3NOS. The molecule has 6 heteroatoms. The van der Waals surface area contributed by atoms with Crippen molar-refractivity contribution in [3.63, 3.8) is 0 Å². The van der Waals surface area contributed by atoms with Crippen LogP contribution >= 0.6 is 46.6 Å². The van der Waals surface area contributed by atoms with Crippen LogP contribution in [-0.4, -0.2) is 17.1 Å². The van der Waals surface area contributed by atoms with E-state index in [1.807, 2.05) is 54.6 Å². The molecule has 0 bridgehead atoms. The van der Waals surface area contributed by atoms with E-state index in [1.165, 1.54) is 11.8 Å². The quantitative estimate of drug-likeness (QED) is 0.378. The molecule has 0 spiro atoms. The van der Waals surface area contributed by atoms with Crippen LogP contribution in [0.25, 0.3) is 0 Å². The summed E-state index contributed by atoms with van der Waals surface area (Å²) < 4.78 is 0. The number of hydrogen-bond donors (Lipinski definition) is 0. The summed E-state index contributed by atoms with van der Waals surface area (Å²) in [5, 5.41) is 1.35. The Bertz CT molecular complexity index is 563. The van der Waals surface area contributed by atoms with Crippen molar-refractivity contribution in [1.82, 2.24) is 0 Å². The lowest BCUT2D eigenvalue weighted by atomic mass is 10.3. The second kappa shape index (κ2) is 10.8. The van der Waals surface area contributed by atoms with E-state index in [9.17, 15) is 4.79 Å². The number of para-hydroxylation sites is 1. The van der Waals surface area contributed by atoms with Gasteiger partial charge in [-0.1, -0.05) is 29.8 Å². The molecule has 22 heavy (non-hydrogen) atoms. The average Bonchev–Trinajstić information content (AvgIpc) is 2.52. The smallest absolute Gasteiger partial charge is 0.224 e. The molecule has 0 heterocycles. The second-order valence-electron chi connectivity index (χ2n) is 4.11. The number of thioether (sulfide) groups is 1. The third kappa shape index (κ3) is 6.93. The first-order chi connectivity index (χ1) is 10.6. The number of nitrogens with zero attached hydrogens (tertiary/aromatic N) is 1. The van der Waals surface area contributed by atoms with Gasteiger partial charge in [-0.25, -0.2) is 0 Å². The first-order valence-corrected chi connectivity index (χ1v) is 8.85. The summed E-state index contributed by atoms with van der Waals surface area (Å²) in [7, 11) is 0. The zero-order chi connectivity index (χ0) is 16.4. The molecule has 0 aliphatic rings. The van der Waals surface area contributed by atoms with Crippen LogP contribution < -0.4 is 4.90 Å². The van der Waals surface area contributed by atoms with Crippen molar-refractivity contribution >= 4 is 58.2 Å². The van der Waals surface area contributed by atoms with Crippen LogP contribution in [0.15, 0.2) is 59.5 Å². The van der Waals surface area contributed by atoms with Gasteiger partial charge in [0.1, 0.15) is 6.00 Å². The zero-order valence-corrected chi connectivity index (χ0v) is 15.1. The van der Waals surface area contributed by atoms with Crippen molar-refractivity contribution in [3.05, 3.63) is 59.6 Å². The summed E-state index contributed by atoms with van der Waals surface area (Å²) in [5.74, 6) is -0.0452. The Balaban J connectivity index is 0.000000224. The van der Waals surface area contributed by atoms with Crippen molar-refractivity contribution < 1.29 is 4.79 Å². The summed E-state index contributed by atoms with van der Waals surface area (Å²) in [6.07, 6.45) is 0. The normalized spacial score (nSPS) is 9.64. The predicted molar refractivity (Wildman–Crippen MR) is 98.4 cm³/mol. The number of benzene rings is 2. The molecule has 0 aromatic heterocycles. The Morgan fingerprint density at radius 1 is 1.05 bits per heavy atom. The van der Waals surface area contributed by atoms with E-state index in [-0.39, 0.29) is 11.9 Å². The molecule has 118 valence electrons. The molecule has 0 radical (unpaired) electrons. The largest absolute Gasteiger partial charge is 0.298 e. The van der Waals surface area contributed by atoms with E-state index in [0.29, 0.717) is 5.21 Å². The van der Waals surface area contributed by atoms with Gasteiger partial charge < -0.3 is 0 Å². The number of amides is 1. The standard InChI is InChI=1S/C9H10ClNO.C7H6Cl2S/c1-8(12)11(7-10)9-5-3-2-4-6-9;8-5-10-7-3-1-6(9)2-4-7/h2-6H,7H2,1H3;1-4H,5H2. The molecule has 0 saturated carbocycles. The SMILES string of the molecule is CC(=O)N(CCl)c1ccccc1.ClCSc1ccc(Cl)cc1. The van der Waals surface area contributed by atoms with E-state index < -0.39 is 0 Å². The summed E-state index contributed by atoms with van der Waals surface area (Å²) in [4.78, 5) is 13.7. The van der Waals surface area contributed by atoms with Crippen LogP contribution in [-0.2, 0) is 4.79 Å². The molecule has 0 fully saturated rings. The highest BCUT2D eigenvalue weighted by Crippen LogP contribution is 2.20. The van der Waals surface area contributed by atoms with Crippen LogP contribution in [0, 0.1) is 0 Å². The number of halogens is 3. The third-order valence-electron chi connectivity index (χ3n) is 2.60. The molecule has 0 N–H and O–H groups in total. The maximum absolute atomic E-state index is 11.0. The first-order valence-electron chi connectivity index (χ1n) is 6.42. The number of anilines is 1. The van der Waals surface area contributed by atoms with Crippen molar-refractivity contribution in [1.29, 1.82) is 0 Å². The minimum Gasteiger partial charge on any atom is -0.298 e. The fourth-order valence-corrected chi connectivity index (χ4v) is 2.80. The molecule has 2 nitrogen and oxygen atoms in total. The number of rotatable bonds is 4. The Labute approximate surface area is 150 Å². The third-order valence-corrected chi connectivity index (χ3v) is 4.14. The molecule has 0 aliphatic carbocycles. The zero-order valence-electron chi connectivity index (χ0n) is 12.0. The van der Waals surface area contributed by atoms with Crippen molar-refractivity contribution in [2.75, 3.05) is 16.1 Å². The molecule has 0 atom stereocenters. The lowest BCUT2D eigenvalue weighted by Gasteiger charge is -2.16. The van der Waals surface area contributed by atoms with Gasteiger partial charge in [0.2, 0.25) is 5.91 Å². The van der Waals surface area contributed by atoms with Gasteiger partial charge in [0, 0.05) is 22.5 Å². The van der Waals surface area contributed by atoms with Crippen LogP contribution in [0.5, 0.6) is 0 Å². The van der Waals surface area contributed by atoms with Crippen LogP contribution in [0.1, 0.15) is 6.92 Å². The van der Waals surface area contributed by atoms with Gasteiger partial charge in [0.05, 0.1) is 5.21 Å². The minimum atomic E-state index is -0.0452. The van der Waals surface area contributed by atoms with Gasteiger partial charge in [-0.15, -0.1) is 35.0 Å². The molecule has 0 saturated heterocycles. The van der Waals surface area contributed by atoms with Gasteiger partial charge >= 0.3 is 0 Å². The average molecular weight is 377 g/mol. The Hall–Kier alpha value is -0.870. The Morgan fingerprint density at radius 3 is 2.09 bits per heavy atom. The Morgan fingerprint density at radius 2 is 1.64 bits per heavy atom. The van der Waals surface area contributed by atoms with Gasteiger partial charge in [-0.3, -0.25) is 9.69 Å². The van der Waals surface area contributed by atoms with Crippen molar-refractivity contribution in [3.8, 4) is 0 Å². The number of carbonyl (C=O) groups excluding carboxylic acids is 1. The van der Waals surface area contributed by atoms with Gasteiger partial charge in [0.15, 0.2) is 0 Å². The minimum absolute atomic E-state index is 0.0452. The molecule has 1 amide bonds. The van der Waals surface area contributed by atoms with E-state index >= 15 is 0 Å². The van der Waals surface area contributed by atoms with Crippen molar-refractivity contribution in [2.24, 2.45) is 0 Å². The second-order valence-corrected chi connectivity index (χ2v) is 6.42.